The third-order valence-corrected chi connectivity index (χ3v) is 9.07. The average molecular weight is 731 g/mol. The van der Waals surface area contributed by atoms with Crippen molar-refractivity contribution in [2.45, 2.75) is 31.1 Å². The number of carbonyl (C=O) groups excluding carboxylic acids is 2. The highest BCUT2D eigenvalue weighted by Gasteiger charge is 2.36. The molecule has 0 unspecified atom stereocenters. The molecule has 4 heterocycles. The smallest absolute Gasteiger partial charge is 0.347 e. The van der Waals surface area contributed by atoms with Gasteiger partial charge in [-0.1, -0.05) is 18.2 Å². The molecule has 2 atom stereocenters. The van der Waals surface area contributed by atoms with Crippen molar-refractivity contribution in [1.82, 2.24) is 40.4 Å². The van der Waals surface area contributed by atoms with Crippen molar-refractivity contribution in [3.63, 3.8) is 0 Å². The zero-order valence-corrected chi connectivity index (χ0v) is 28.1. The second-order valence-corrected chi connectivity index (χ2v) is 12.6. The molecule has 7 rings (SSSR count). The summed E-state index contributed by atoms with van der Waals surface area (Å²) >= 11 is 0. The number of nitrogens with one attached hydrogen (secondary N) is 3. The number of H-pyrrole nitrogens is 1. The Hall–Kier alpha value is -6.49. The van der Waals surface area contributed by atoms with Crippen molar-refractivity contribution in [1.29, 1.82) is 10.5 Å². The van der Waals surface area contributed by atoms with Gasteiger partial charge in [-0.25, -0.2) is 8.78 Å². The van der Waals surface area contributed by atoms with Crippen molar-refractivity contribution in [3.8, 4) is 34.6 Å². The van der Waals surface area contributed by atoms with Crippen LogP contribution < -0.4 is 10.6 Å². The number of hydrogen-bond donors (Lipinski definition) is 3. The lowest BCUT2D eigenvalue weighted by Gasteiger charge is -2.13. The van der Waals surface area contributed by atoms with Gasteiger partial charge in [0.2, 0.25) is 0 Å². The fourth-order valence-corrected chi connectivity index (χ4v) is 6.27. The molecule has 5 aromatic rings. The average Bonchev–Trinajstić information content (AvgIpc) is 3.96. The van der Waals surface area contributed by atoms with Crippen LogP contribution >= 0.6 is 0 Å². The van der Waals surface area contributed by atoms with Crippen molar-refractivity contribution in [3.05, 3.63) is 95.4 Å². The highest BCUT2D eigenvalue weighted by Crippen LogP contribution is 2.36. The first-order chi connectivity index (χ1) is 25.3. The van der Waals surface area contributed by atoms with E-state index in [0.717, 1.165) is 34.8 Å². The van der Waals surface area contributed by atoms with Gasteiger partial charge in [-0.15, -0.1) is 0 Å². The van der Waals surface area contributed by atoms with Crippen LogP contribution in [0.15, 0.2) is 67.0 Å². The van der Waals surface area contributed by atoms with Gasteiger partial charge in [-0.05, 0) is 65.9 Å². The van der Waals surface area contributed by atoms with Crippen LogP contribution in [-0.4, -0.2) is 79.9 Å². The lowest BCUT2D eigenvalue weighted by Crippen LogP contribution is -2.36. The monoisotopic (exact) mass is 730 g/mol. The van der Waals surface area contributed by atoms with E-state index in [1.165, 1.54) is 23.1 Å². The third-order valence-electron chi connectivity index (χ3n) is 9.07. The maximum absolute atomic E-state index is 14.6. The molecule has 272 valence electrons. The summed E-state index contributed by atoms with van der Waals surface area (Å²) in [6, 6.07) is 13.2. The molecule has 2 aliphatic rings. The predicted molar refractivity (Wildman–Crippen MR) is 181 cm³/mol. The van der Waals surface area contributed by atoms with Gasteiger partial charge in [-0.2, -0.15) is 33.9 Å². The number of fused-ring (bicyclic) bond motifs is 1. The summed E-state index contributed by atoms with van der Waals surface area (Å²) in [7, 11) is 1.87. The molecule has 53 heavy (non-hydrogen) atoms. The number of nitrogens with zero attached hydrogens (tertiary/aromatic N) is 7. The van der Waals surface area contributed by atoms with Gasteiger partial charge in [0.25, 0.3) is 11.8 Å². The Balaban J connectivity index is 0.000000182. The van der Waals surface area contributed by atoms with Crippen molar-refractivity contribution < 1.29 is 31.5 Å². The molecule has 2 aromatic heterocycles. The molecule has 2 saturated heterocycles. The van der Waals surface area contributed by atoms with Gasteiger partial charge in [0, 0.05) is 56.3 Å². The minimum atomic E-state index is -4.66. The van der Waals surface area contributed by atoms with E-state index >= 15 is 0 Å². The van der Waals surface area contributed by atoms with Crippen LogP contribution in [0.5, 0.6) is 0 Å². The Morgan fingerprint density at radius 1 is 0.811 bits per heavy atom. The molecular formula is C36H31F5N10O2. The molecule has 17 heteroatoms. The van der Waals surface area contributed by atoms with Crippen LogP contribution in [0, 0.1) is 34.5 Å². The standard InChI is InChI=1S/C20H18FN5O.C16H13F4N5O/c1-25-19-5-3-13(8-15(19)10-23-25)14-2-4-17(18(21)9-14)20(27)24-16-6-7-26(11-16)12-22;17-13-5-9(12-6-22-24-14(12)16(18,19)20)1-2-11(13)15(26)23-10-3-4-25(7-10)8-21/h2-5,8-10,16H,6-7,11H2,1H3,(H,24,27);1-2,5-6,10H,3-4,7H2,(H,22,24)(H,23,26)/t16-;10-/m11/s1. The van der Waals surface area contributed by atoms with E-state index in [0.29, 0.717) is 44.6 Å². The van der Waals surface area contributed by atoms with Crippen LogP contribution in [0.4, 0.5) is 22.0 Å². The minimum Gasteiger partial charge on any atom is -0.347 e. The molecule has 3 N–H and O–H groups in total. The summed E-state index contributed by atoms with van der Waals surface area (Å²) in [6.45, 7) is 1.92. The van der Waals surface area contributed by atoms with E-state index in [2.05, 4.69) is 27.0 Å². The van der Waals surface area contributed by atoms with E-state index in [9.17, 15) is 31.5 Å². The summed E-state index contributed by atoms with van der Waals surface area (Å²) < 4.78 is 69.4. The minimum absolute atomic E-state index is 0.0108. The number of aryl methyl sites for hydroxylation is 1. The zero-order chi connectivity index (χ0) is 37.9. The quantitative estimate of drug-likeness (QED) is 0.159. The van der Waals surface area contributed by atoms with Crippen LogP contribution in [-0.2, 0) is 13.2 Å². The molecule has 3 aromatic carbocycles. The number of rotatable bonds is 6. The van der Waals surface area contributed by atoms with Crippen molar-refractivity contribution >= 4 is 22.7 Å². The highest BCUT2D eigenvalue weighted by molar-refractivity contribution is 5.96. The van der Waals surface area contributed by atoms with Gasteiger partial charge in [0.05, 0.1) is 29.0 Å². The maximum atomic E-state index is 14.6. The number of halogens is 5. The third kappa shape index (κ3) is 8.04. The lowest BCUT2D eigenvalue weighted by atomic mass is 10.0. The van der Waals surface area contributed by atoms with Gasteiger partial charge in [0.1, 0.15) is 17.3 Å². The van der Waals surface area contributed by atoms with E-state index in [-0.39, 0.29) is 34.3 Å². The largest absolute Gasteiger partial charge is 0.433 e. The van der Waals surface area contributed by atoms with E-state index in [4.69, 9.17) is 10.5 Å². The Morgan fingerprint density at radius 3 is 1.87 bits per heavy atom. The molecule has 0 spiro atoms. The molecule has 12 nitrogen and oxygen atoms in total. The van der Waals surface area contributed by atoms with Gasteiger partial charge >= 0.3 is 6.18 Å². The summed E-state index contributed by atoms with van der Waals surface area (Å²) in [5, 5.41) is 33.5. The molecule has 2 fully saturated rings. The van der Waals surface area contributed by atoms with Gasteiger partial charge in [0.15, 0.2) is 12.4 Å². The fraction of sp³-hybridized carbons (Fsp3) is 0.278. The summed E-state index contributed by atoms with van der Waals surface area (Å²) in [5.41, 5.74) is 0.862. The molecule has 0 radical (unpaired) electrons. The molecule has 0 aliphatic carbocycles. The SMILES string of the molecule is Cn1ncc2cc(-c3ccc(C(=O)N[C@@H]4CCN(C#N)C4)c(F)c3)ccc21.N#CN1CC[C@@H](NC(=O)c2ccc(-c3cn[nH]c3C(F)(F)F)cc2F)C1. The number of benzene rings is 3. The summed E-state index contributed by atoms with van der Waals surface area (Å²) in [4.78, 5) is 27.6. The van der Waals surface area contributed by atoms with Crippen LogP contribution in [0.1, 0.15) is 39.3 Å². The Bertz CT molecular complexity index is 2250. The summed E-state index contributed by atoms with van der Waals surface area (Å²) in [6.07, 6.45) is 3.33. The zero-order valence-electron chi connectivity index (χ0n) is 28.1. The van der Waals surface area contributed by atoms with E-state index < -0.39 is 35.3 Å². The maximum Gasteiger partial charge on any atom is 0.433 e. The van der Waals surface area contributed by atoms with Crippen LogP contribution in [0.2, 0.25) is 0 Å². The number of hydrogen-bond acceptors (Lipinski definition) is 8. The van der Waals surface area contributed by atoms with Crippen molar-refractivity contribution in [2.75, 3.05) is 26.2 Å². The Labute approximate surface area is 299 Å². The number of carbonyl (C=O) groups is 2. The first-order valence-corrected chi connectivity index (χ1v) is 16.4. The Morgan fingerprint density at radius 2 is 1.34 bits per heavy atom. The number of aromatic amines is 1. The highest BCUT2D eigenvalue weighted by atomic mass is 19.4. The first-order valence-electron chi connectivity index (χ1n) is 16.4. The molecule has 0 saturated carbocycles. The van der Waals surface area contributed by atoms with Crippen LogP contribution in [0.3, 0.4) is 0 Å². The lowest BCUT2D eigenvalue weighted by molar-refractivity contribution is -0.140. The number of amides is 2. The van der Waals surface area contributed by atoms with Gasteiger partial charge < -0.3 is 20.4 Å². The molecule has 2 amide bonds. The normalized spacial score (nSPS) is 16.8. The van der Waals surface area contributed by atoms with Gasteiger partial charge in [-0.3, -0.25) is 19.4 Å². The van der Waals surface area contributed by atoms with E-state index in [1.807, 2.05) is 36.5 Å². The number of aromatic nitrogens is 4. The summed E-state index contributed by atoms with van der Waals surface area (Å²) in [5.74, 6) is -2.63. The van der Waals surface area contributed by atoms with Crippen LogP contribution in [0.25, 0.3) is 33.2 Å². The van der Waals surface area contributed by atoms with Crippen molar-refractivity contribution in [2.24, 2.45) is 7.05 Å². The number of nitriles is 2. The molecule has 2 aliphatic heterocycles. The first kappa shape index (κ1) is 36.3. The molecule has 0 bridgehead atoms. The topological polar surface area (TPSA) is 159 Å². The fourth-order valence-electron chi connectivity index (χ4n) is 6.27. The second kappa shape index (κ2) is 15.0. The molecular weight excluding hydrogens is 699 g/mol. The van der Waals surface area contributed by atoms with E-state index in [1.54, 1.807) is 21.8 Å². The second-order valence-electron chi connectivity index (χ2n) is 12.6. The number of alkyl halides is 3. The predicted octanol–water partition coefficient (Wildman–Crippen LogP) is 5.18. The Kier molecular flexibility index (Phi) is 10.3. The number of likely N-dealkylation sites (tertiary alicyclic amines) is 2.